The predicted molar refractivity (Wildman–Crippen MR) is 89.9 cm³/mol. The van der Waals surface area contributed by atoms with E-state index in [1.165, 1.54) is 17.4 Å². The van der Waals surface area contributed by atoms with E-state index < -0.39 is 0 Å². The summed E-state index contributed by atoms with van der Waals surface area (Å²) in [6.07, 6.45) is 2.31. The van der Waals surface area contributed by atoms with E-state index in [1.807, 2.05) is 6.92 Å². The van der Waals surface area contributed by atoms with Crippen molar-refractivity contribution < 1.29 is 9.18 Å². The van der Waals surface area contributed by atoms with Gasteiger partial charge in [0.1, 0.15) is 11.5 Å². The molecule has 3 rings (SSSR count). The molecule has 6 heteroatoms. The smallest absolute Gasteiger partial charge is 0.274 e. The molecule has 0 saturated heterocycles. The van der Waals surface area contributed by atoms with E-state index in [0.717, 1.165) is 17.8 Å². The molecular formula is C17H20FN3OS. The molecular weight excluding hydrogens is 313 g/mol. The molecule has 0 spiro atoms. The molecule has 1 saturated carbocycles. The van der Waals surface area contributed by atoms with Crippen molar-refractivity contribution in [3.05, 3.63) is 40.8 Å². The summed E-state index contributed by atoms with van der Waals surface area (Å²) >= 11 is 1.35. The summed E-state index contributed by atoms with van der Waals surface area (Å²) in [5.41, 5.74) is 6.42. The third-order valence-corrected chi connectivity index (χ3v) is 4.92. The lowest BCUT2D eigenvalue weighted by Crippen LogP contribution is -2.37. The van der Waals surface area contributed by atoms with E-state index in [4.69, 9.17) is 5.73 Å². The fraction of sp³-hybridized carbons (Fsp3) is 0.412. The summed E-state index contributed by atoms with van der Waals surface area (Å²) in [6, 6.07) is 6.50. The van der Waals surface area contributed by atoms with Gasteiger partial charge in [0.15, 0.2) is 0 Å². The molecule has 0 unspecified atom stereocenters. The summed E-state index contributed by atoms with van der Waals surface area (Å²) in [6.45, 7) is 3.46. The second-order valence-corrected chi connectivity index (χ2v) is 7.08. The van der Waals surface area contributed by atoms with Crippen LogP contribution >= 0.6 is 11.3 Å². The highest BCUT2D eigenvalue weighted by molar-refractivity contribution is 7.15. The molecule has 4 nitrogen and oxygen atoms in total. The molecule has 2 N–H and O–H groups in total. The Balaban J connectivity index is 1.95. The summed E-state index contributed by atoms with van der Waals surface area (Å²) in [4.78, 5) is 19.6. The van der Waals surface area contributed by atoms with Gasteiger partial charge in [0.25, 0.3) is 5.91 Å². The van der Waals surface area contributed by atoms with Gasteiger partial charge in [-0.1, -0.05) is 18.2 Å². The molecule has 0 radical (unpaired) electrons. The van der Waals surface area contributed by atoms with E-state index in [1.54, 1.807) is 23.1 Å². The van der Waals surface area contributed by atoms with E-state index in [0.29, 0.717) is 41.7 Å². The number of nitrogens with two attached hydrogens (primary N) is 1. The molecule has 1 fully saturated rings. The first kappa shape index (κ1) is 16.1. The Kier molecular flexibility index (Phi) is 4.73. The number of thiazole rings is 1. The number of hydrogen-bond acceptors (Lipinski definition) is 4. The molecule has 0 bridgehead atoms. The molecule has 1 aliphatic rings. The predicted octanol–water partition coefficient (Wildman–Crippen LogP) is 3.07. The molecule has 2 aromatic rings. The standard InChI is InChI=1S/C17H20FN3OS/c1-11-20-15(16(23-11)13-4-2-3-5-14(13)18)17(22)21(9-8-19)10-12-6-7-12/h2-5,12H,6-10,19H2,1H3. The molecule has 1 heterocycles. The lowest BCUT2D eigenvalue weighted by atomic mass is 10.1. The average Bonchev–Trinajstić information content (AvgIpc) is 3.27. The Morgan fingerprint density at radius 3 is 2.83 bits per heavy atom. The maximum atomic E-state index is 14.1. The van der Waals surface area contributed by atoms with Gasteiger partial charge in [-0.2, -0.15) is 0 Å². The Hall–Kier alpha value is -1.79. The van der Waals surface area contributed by atoms with E-state index >= 15 is 0 Å². The highest BCUT2D eigenvalue weighted by atomic mass is 32.1. The molecule has 0 aliphatic heterocycles. The number of carbonyl (C=O) groups excluding carboxylic acids is 1. The van der Waals surface area contributed by atoms with Crippen molar-refractivity contribution in [3.8, 4) is 10.4 Å². The largest absolute Gasteiger partial charge is 0.336 e. The third-order valence-electron chi connectivity index (χ3n) is 3.92. The Morgan fingerprint density at radius 1 is 1.43 bits per heavy atom. The van der Waals surface area contributed by atoms with Gasteiger partial charge >= 0.3 is 0 Å². The van der Waals surface area contributed by atoms with Crippen LogP contribution < -0.4 is 5.73 Å². The van der Waals surface area contributed by atoms with Crippen LogP contribution in [0, 0.1) is 18.7 Å². The van der Waals surface area contributed by atoms with Crippen LogP contribution in [-0.4, -0.2) is 35.4 Å². The van der Waals surface area contributed by atoms with E-state index in [2.05, 4.69) is 4.98 Å². The van der Waals surface area contributed by atoms with Crippen molar-refractivity contribution >= 4 is 17.2 Å². The Bertz CT molecular complexity index is 712. The van der Waals surface area contributed by atoms with Crippen molar-refractivity contribution in [2.75, 3.05) is 19.6 Å². The first-order valence-corrected chi connectivity index (χ1v) is 8.63. The maximum Gasteiger partial charge on any atom is 0.274 e. The molecule has 1 aliphatic carbocycles. The first-order valence-electron chi connectivity index (χ1n) is 7.81. The molecule has 0 atom stereocenters. The molecule has 1 amide bonds. The minimum Gasteiger partial charge on any atom is -0.336 e. The summed E-state index contributed by atoms with van der Waals surface area (Å²) in [5.74, 6) is 0.0878. The maximum absolute atomic E-state index is 14.1. The average molecular weight is 333 g/mol. The van der Waals surface area contributed by atoms with Crippen LogP contribution in [0.3, 0.4) is 0 Å². The summed E-state index contributed by atoms with van der Waals surface area (Å²) in [5, 5.41) is 0.755. The van der Waals surface area contributed by atoms with Gasteiger partial charge in [-0.05, 0) is 31.7 Å². The number of carbonyl (C=O) groups is 1. The summed E-state index contributed by atoms with van der Waals surface area (Å²) < 4.78 is 14.1. The van der Waals surface area contributed by atoms with Gasteiger partial charge in [-0.25, -0.2) is 9.37 Å². The van der Waals surface area contributed by atoms with Crippen molar-refractivity contribution in [1.82, 2.24) is 9.88 Å². The number of amides is 1. The van der Waals surface area contributed by atoms with Crippen LogP contribution in [0.15, 0.2) is 24.3 Å². The van der Waals surface area contributed by atoms with Crippen molar-refractivity contribution in [3.63, 3.8) is 0 Å². The summed E-state index contributed by atoms with van der Waals surface area (Å²) in [7, 11) is 0. The number of aromatic nitrogens is 1. The lowest BCUT2D eigenvalue weighted by Gasteiger charge is -2.21. The zero-order valence-corrected chi connectivity index (χ0v) is 13.9. The van der Waals surface area contributed by atoms with Gasteiger partial charge in [0.2, 0.25) is 0 Å². The molecule has 1 aromatic heterocycles. The van der Waals surface area contributed by atoms with Crippen molar-refractivity contribution in [2.24, 2.45) is 11.7 Å². The Morgan fingerprint density at radius 2 is 2.17 bits per heavy atom. The minimum atomic E-state index is -0.335. The number of nitrogens with zero attached hydrogens (tertiary/aromatic N) is 2. The van der Waals surface area contributed by atoms with E-state index in [-0.39, 0.29) is 11.7 Å². The van der Waals surface area contributed by atoms with Crippen LogP contribution in [0.2, 0.25) is 0 Å². The number of aryl methyl sites for hydroxylation is 1. The quantitative estimate of drug-likeness (QED) is 0.884. The number of hydrogen-bond donors (Lipinski definition) is 1. The number of rotatable bonds is 6. The topological polar surface area (TPSA) is 59.2 Å². The monoisotopic (exact) mass is 333 g/mol. The zero-order chi connectivity index (χ0) is 16.4. The van der Waals surface area contributed by atoms with Crippen molar-refractivity contribution in [1.29, 1.82) is 0 Å². The zero-order valence-electron chi connectivity index (χ0n) is 13.1. The lowest BCUT2D eigenvalue weighted by molar-refractivity contribution is 0.0748. The second-order valence-electron chi connectivity index (χ2n) is 5.87. The van der Waals surface area contributed by atoms with E-state index in [9.17, 15) is 9.18 Å². The highest BCUT2D eigenvalue weighted by Gasteiger charge is 2.30. The molecule has 1 aromatic carbocycles. The van der Waals surface area contributed by atoms with Gasteiger partial charge < -0.3 is 10.6 Å². The van der Waals surface area contributed by atoms with Crippen LogP contribution in [0.1, 0.15) is 28.3 Å². The third kappa shape index (κ3) is 3.59. The van der Waals surface area contributed by atoms with Crippen LogP contribution in [-0.2, 0) is 0 Å². The number of halogens is 1. The van der Waals surface area contributed by atoms with Crippen LogP contribution in [0.4, 0.5) is 4.39 Å². The van der Waals surface area contributed by atoms with Crippen LogP contribution in [0.5, 0.6) is 0 Å². The fourth-order valence-corrected chi connectivity index (χ4v) is 3.53. The van der Waals surface area contributed by atoms with Gasteiger partial charge in [0.05, 0.1) is 9.88 Å². The molecule has 122 valence electrons. The second kappa shape index (κ2) is 6.76. The normalized spacial score (nSPS) is 14.0. The number of benzene rings is 1. The SMILES string of the molecule is Cc1nc(C(=O)N(CCN)CC2CC2)c(-c2ccccc2F)s1. The van der Waals surface area contributed by atoms with Crippen LogP contribution in [0.25, 0.3) is 10.4 Å². The molecule has 23 heavy (non-hydrogen) atoms. The highest BCUT2D eigenvalue weighted by Crippen LogP contribution is 2.34. The Labute approximate surface area is 139 Å². The fourth-order valence-electron chi connectivity index (χ4n) is 2.59. The van der Waals surface area contributed by atoms with Crippen molar-refractivity contribution in [2.45, 2.75) is 19.8 Å². The minimum absolute atomic E-state index is 0.148. The first-order chi connectivity index (χ1) is 11.1. The van der Waals surface area contributed by atoms with Gasteiger partial charge in [0, 0.05) is 25.2 Å². The van der Waals surface area contributed by atoms with Gasteiger partial charge in [-0.3, -0.25) is 4.79 Å². The van der Waals surface area contributed by atoms with Gasteiger partial charge in [-0.15, -0.1) is 11.3 Å².